The fraction of sp³-hybridized carbons (Fsp3) is 0.562. The van der Waals surface area contributed by atoms with Crippen molar-refractivity contribution in [2.24, 2.45) is 11.7 Å². The van der Waals surface area contributed by atoms with Gasteiger partial charge in [0.15, 0.2) is 0 Å². The summed E-state index contributed by atoms with van der Waals surface area (Å²) in [6.45, 7) is 5.21. The molecule has 1 aliphatic rings. The second-order valence-corrected chi connectivity index (χ2v) is 5.83. The van der Waals surface area contributed by atoms with E-state index in [0.717, 1.165) is 31.4 Å². The van der Waals surface area contributed by atoms with Crippen LogP contribution in [0.2, 0.25) is 0 Å². The van der Waals surface area contributed by atoms with Gasteiger partial charge in [-0.3, -0.25) is 4.79 Å². The Labute approximate surface area is 115 Å². The third-order valence-corrected chi connectivity index (χ3v) is 3.64. The number of amides is 1. The Morgan fingerprint density at radius 1 is 1.32 bits per heavy atom. The largest absolute Gasteiger partial charge is 0.338 e. The Morgan fingerprint density at radius 2 is 1.95 bits per heavy atom. The van der Waals surface area contributed by atoms with Crippen LogP contribution in [0.5, 0.6) is 0 Å². The molecule has 1 aliphatic carbocycles. The number of nitrogens with zero attached hydrogens (tertiary/aromatic N) is 1. The number of nitrogens with two attached hydrogens (primary N) is 1. The summed E-state index contributed by atoms with van der Waals surface area (Å²) in [4.78, 5) is 14.5. The molecule has 0 spiro atoms. The molecular weight excluding hydrogens is 236 g/mol. The van der Waals surface area contributed by atoms with Crippen LogP contribution in [0.25, 0.3) is 0 Å². The minimum absolute atomic E-state index is 0.0781. The normalized spacial score (nSPS) is 16.4. The Hall–Kier alpha value is -1.35. The zero-order chi connectivity index (χ0) is 13.8. The third-order valence-electron chi connectivity index (χ3n) is 3.64. The highest BCUT2D eigenvalue weighted by Gasteiger charge is 2.34. The number of carbonyl (C=O) groups is 1. The number of hydrogen-bond acceptors (Lipinski definition) is 2. The molecule has 3 heteroatoms. The fourth-order valence-electron chi connectivity index (χ4n) is 2.24. The lowest BCUT2D eigenvalue weighted by atomic mass is 10.1. The molecule has 1 aromatic rings. The zero-order valence-corrected chi connectivity index (χ0v) is 11.9. The number of rotatable bonds is 6. The predicted molar refractivity (Wildman–Crippen MR) is 77.6 cm³/mol. The van der Waals surface area contributed by atoms with Crippen LogP contribution in [0, 0.1) is 5.92 Å². The van der Waals surface area contributed by atoms with E-state index in [1.54, 1.807) is 0 Å². The van der Waals surface area contributed by atoms with Crippen LogP contribution in [0.1, 0.15) is 44.7 Å². The molecule has 1 aromatic carbocycles. The molecule has 0 saturated heterocycles. The van der Waals surface area contributed by atoms with Gasteiger partial charge in [-0.25, -0.2) is 0 Å². The van der Waals surface area contributed by atoms with Gasteiger partial charge in [-0.15, -0.1) is 0 Å². The van der Waals surface area contributed by atoms with Gasteiger partial charge >= 0.3 is 0 Å². The van der Waals surface area contributed by atoms with Crippen LogP contribution in [0.3, 0.4) is 0 Å². The second-order valence-electron chi connectivity index (χ2n) is 5.83. The number of carbonyl (C=O) groups excluding carboxylic acids is 1. The smallest absolute Gasteiger partial charge is 0.244 e. The summed E-state index contributed by atoms with van der Waals surface area (Å²) in [5, 5.41) is 0. The van der Waals surface area contributed by atoms with Gasteiger partial charge in [-0.05, 0) is 30.7 Å². The lowest BCUT2D eigenvalue weighted by Gasteiger charge is -2.26. The minimum atomic E-state index is -0.519. The predicted octanol–water partition coefficient (Wildman–Crippen LogP) is 2.72. The Morgan fingerprint density at radius 3 is 2.47 bits per heavy atom. The Bertz CT molecular complexity index is 412. The van der Waals surface area contributed by atoms with Crippen LogP contribution in [-0.4, -0.2) is 23.4 Å². The van der Waals surface area contributed by atoms with E-state index >= 15 is 0 Å². The first-order valence-corrected chi connectivity index (χ1v) is 7.20. The number of hydrogen-bond donors (Lipinski definition) is 1. The van der Waals surface area contributed by atoms with Gasteiger partial charge < -0.3 is 10.6 Å². The number of benzene rings is 1. The highest BCUT2D eigenvalue weighted by atomic mass is 16.2. The minimum Gasteiger partial charge on any atom is -0.338 e. The summed E-state index contributed by atoms with van der Waals surface area (Å²) in [6.07, 6.45) is 3.31. The molecule has 3 nitrogen and oxygen atoms in total. The average molecular weight is 260 g/mol. The summed E-state index contributed by atoms with van der Waals surface area (Å²) in [5.41, 5.74) is 7.03. The SMILES string of the molecule is CC(C)CCN(C(=O)[C@@H](N)c1ccccc1)C1CC1. The van der Waals surface area contributed by atoms with E-state index in [1.165, 1.54) is 0 Å². The summed E-state index contributed by atoms with van der Waals surface area (Å²) < 4.78 is 0. The van der Waals surface area contributed by atoms with E-state index in [4.69, 9.17) is 5.73 Å². The molecule has 2 N–H and O–H groups in total. The summed E-state index contributed by atoms with van der Waals surface area (Å²) >= 11 is 0. The van der Waals surface area contributed by atoms with Crippen LogP contribution in [-0.2, 0) is 4.79 Å². The van der Waals surface area contributed by atoms with E-state index in [-0.39, 0.29) is 5.91 Å². The Kier molecular flexibility index (Phi) is 4.59. The lowest BCUT2D eigenvalue weighted by molar-refractivity contribution is -0.133. The zero-order valence-electron chi connectivity index (χ0n) is 11.9. The third kappa shape index (κ3) is 3.80. The molecule has 0 aromatic heterocycles. The molecule has 1 atom stereocenters. The van der Waals surface area contributed by atoms with Gasteiger partial charge in [-0.2, -0.15) is 0 Å². The molecule has 0 radical (unpaired) electrons. The summed E-state index contributed by atoms with van der Waals surface area (Å²) in [5.74, 6) is 0.691. The standard InChI is InChI=1S/C16H24N2O/c1-12(2)10-11-18(14-8-9-14)16(19)15(17)13-6-4-3-5-7-13/h3-7,12,14-15H,8-11,17H2,1-2H3/t15-/m0/s1. The lowest BCUT2D eigenvalue weighted by Crippen LogP contribution is -2.41. The topological polar surface area (TPSA) is 46.3 Å². The fourth-order valence-corrected chi connectivity index (χ4v) is 2.24. The Balaban J connectivity index is 2.02. The molecule has 0 unspecified atom stereocenters. The van der Waals surface area contributed by atoms with Crippen molar-refractivity contribution in [1.82, 2.24) is 4.90 Å². The maximum Gasteiger partial charge on any atom is 0.244 e. The van der Waals surface area contributed by atoms with E-state index in [9.17, 15) is 4.79 Å². The van der Waals surface area contributed by atoms with Crippen molar-refractivity contribution in [2.45, 2.75) is 45.2 Å². The van der Waals surface area contributed by atoms with Crippen LogP contribution >= 0.6 is 0 Å². The summed E-state index contributed by atoms with van der Waals surface area (Å²) in [7, 11) is 0. The van der Waals surface area contributed by atoms with Crippen LogP contribution < -0.4 is 5.73 Å². The molecule has 0 bridgehead atoms. The molecule has 0 aliphatic heterocycles. The van der Waals surface area contributed by atoms with Crippen molar-refractivity contribution < 1.29 is 4.79 Å². The van der Waals surface area contributed by atoms with Crippen molar-refractivity contribution in [3.63, 3.8) is 0 Å². The molecular formula is C16H24N2O. The molecule has 1 saturated carbocycles. The van der Waals surface area contributed by atoms with Crippen molar-refractivity contribution in [3.05, 3.63) is 35.9 Å². The molecule has 0 heterocycles. The molecule has 1 amide bonds. The van der Waals surface area contributed by atoms with Crippen LogP contribution in [0.15, 0.2) is 30.3 Å². The van der Waals surface area contributed by atoms with Gasteiger partial charge in [-0.1, -0.05) is 44.2 Å². The van der Waals surface area contributed by atoms with E-state index < -0.39 is 6.04 Å². The van der Waals surface area contributed by atoms with Crippen LogP contribution in [0.4, 0.5) is 0 Å². The second kappa shape index (κ2) is 6.20. The van der Waals surface area contributed by atoms with E-state index in [2.05, 4.69) is 13.8 Å². The molecule has 19 heavy (non-hydrogen) atoms. The van der Waals surface area contributed by atoms with Gasteiger partial charge in [0.05, 0.1) is 0 Å². The van der Waals surface area contributed by atoms with E-state index in [0.29, 0.717) is 12.0 Å². The van der Waals surface area contributed by atoms with Gasteiger partial charge in [0.1, 0.15) is 6.04 Å². The van der Waals surface area contributed by atoms with Crippen molar-refractivity contribution in [1.29, 1.82) is 0 Å². The van der Waals surface area contributed by atoms with Crippen molar-refractivity contribution in [3.8, 4) is 0 Å². The first kappa shape index (κ1) is 14.1. The first-order valence-electron chi connectivity index (χ1n) is 7.20. The summed E-state index contributed by atoms with van der Waals surface area (Å²) in [6, 6.07) is 9.57. The monoisotopic (exact) mass is 260 g/mol. The molecule has 2 rings (SSSR count). The maximum atomic E-state index is 12.5. The van der Waals surface area contributed by atoms with Gasteiger partial charge in [0.2, 0.25) is 5.91 Å². The maximum absolute atomic E-state index is 12.5. The molecule has 104 valence electrons. The van der Waals surface area contributed by atoms with Crippen molar-refractivity contribution in [2.75, 3.05) is 6.54 Å². The quantitative estimate of drug-likeness (QED) is 0.855. The first-order chi connectivity index (χ1) is 9.09. The van der Waals surface area contributed by atoms with Gasteiger partial charge in [0.25, 0.3) is 0 Å². The highest BCUT2D eigenvalue weighted by molar-refractivity contribution is 5.83. The van der Waals surface area contributed by atoms with Gasteiger partial charge in [0, 0.05) is 12.6 Å². The highest BCUT2D eigenvalue weighted by Crippen LogP contribution is 2.29. The average Bonchev–Trinajstić information content (AvgIpc) is 3.23. The van der Waals surface area contributed by atoms with Crippen molar-refractivity contribution >= 4 is 5.91 Å². The molecule has 1 fully saturated rings. The van der Waals surface area contributed by atoms with E-state index in [1.807, 2.05) is 35.2 Å².